The first kappa shape index (κ1) is 13.0. The molecule has 0 unspecified atom stereocenters. The number of nitrogens with one attached hydrogen (secondary N) is 1. The Hall–Kier alpha value is -1.02. The van der Waals surface area contributed by atoms with Crippen molar-refractivity contribution >= 4 is 5.69 Å². The fourth-order valence-corrected chi connectivity index (χ4v) is 1.52. The fourth-order valence-electron chi connectivity index (χ4n) is 1.52. The van der Waals surface area contributed by atoms with E-state index in [0.29, 0.717) is 0 Å². The Morgan fingerprint density at radius 2 is 1.75 bits per heavy atom. The van der Waals surface area contributed by atoms with Crippen LogP contribution < -0.4 is 5.32 Å². The lowest BCUT2D eigenvalue weighted by Gasteiger charge is -2.06. The minimum Gasteiger partial charge on any atom is -0.385 e. The van der Waals surface area contributed by atoms with E-state index in [4.69, 9.17) is 4.74 Å². The molecule has 0 bridgehead atoms. The fraction of sp³-hybridized carbons (Fsp3) is 0.571. The molecule has 0 aliphatic rings. The Bertz CT molecular complexity index is 248. The minimum atomic E-state index is 0.865. The van der Waals surface area contributed by atoms with Gasteiger partial charge in [-0.05, 0) is 25.0 Å². The quantitative estimate of drug-likeness (QED) is 0.642. The zero-order valence-corrected chi connectivity index (χ0v) is 10.2. The summed E-state index contributed by atoms with van der Waals surface area (Å²) in [5.74, 6) is 0. The molecule has 1 aromatic carbocycles. The van der Waals surface area contributed by atoms with E-state index in [1.807, 2.05) is 18.2 Å². The second-order valence-corrected chi connectivity index (χ2v) is 3.97. The molecular formula is C14H23NO. The first-order valence-corrected chi connectivity index (χ1v) is 6.30. The molecule has 1 N–H and O–H groups in total. The first-order valence-electron chi connectivity index (χ1n) is 6.30. The summed E-state index contributed by atoms with van der Waals surface area (Å²) in [4.78, 5) is 0. The van der Waals surface area contributed by atoms with Crippen LogP contribution in [-0.4, -0.2) is 19.8 Å². The first-order chi connectivity index (χ1) is 7.93. The monoisotopic (exact) mass is 221 g/mol. The Balaban J connectivity index is 1.89. The van der Waals surface area contributed by atoms with Gasteiger partial charge >= 0.3 is 0 Å². The third-order valence-corrected chi connectivity index (χ3v) is 2.46. The third-order valence-electron chi connectivity index (χ3n) is 2.46. The van der Waals surface area contributed by atoms with Crippen LogP contribution >= 0.6 is 0 Å². The van der Waals surface area contributed by atoms with Crippen molar-refractivity contribution < 1.29 is 4.74 Å². The highest BCUT2D eigenvalue weighted by Gasteiger charge is 1.91. The van der Waals surface area contributed by atoms with Crippen LogP contribution in [0.5, 0.6) is 0 Å². The molecule has 1 aromatic rings. The maximum Gasteiger partial charge on any atom is 0.0482 e. The van der Waals surface area contributed by atoms with Crippen molar-refractivity contribution in [2.75, 3.05) is 25.1 Å². The van der Waals surface area contributed by atoms with Gasteiger partial charge in [0.1, 0.15) is 0 Å². The summed E-state index contributed by atoms with van der Waals surface area (Å²) in [6.45, 7) is 4.98. The number of rotatable bonds is 9. The van der Waals surface area contributed by atoms with E-state index in [-0.39, 0.29) is 0 Å². The number of ether oxygens (including phenoxy) is 1. The number of benzene rings is 1. The topological polar surface area (TPSA) is 21.3 Å². The molecule has 0 saturated carbocycles. The maximum atomic E-state index is 5.53. The van der Waals surface area contributed by atoms with Gasteiger partial charge in [-0.3, -0.25) is 0 Å². The lowest BCUT2D eigenvalue weighted by Crippen LogP contribution is -2.06. The molecule has 0 aromatic heterocycles. The molecular weight excluding hydrogens is 198 g/mol. The Kier molecular flexibility index (Phi) is 7.52. The second-order valence-electron chi connectivity index (χ2n) is 3.97. The van der Waals surface area contributed by atoms with Crippen LogP contribution in [0.15, 0.2) is 30.3 Å². The van der Waals surface area contributed by atoms with Crippen LogP contribution in [0.3, 0.4) is 0 Å². The maximum absolute atomic E-state index is 5.53. The van der Waals surface area contributed by atoms with E-state index < -0.39 is 0 Å². The van der Waals surface area contributed by atoms with Crippen LogP contribution in [0.4, 0.5) is 5.69 Å². The molecule has 0 aliphatic carbocycles. The molecule has 0 saturated heterocycles. The molecule has 0 heterocycles. The predicted octanol–water partition coefficient (Wildman–Crippen LogP) is 3.70. The molecule has 2 heteroatoms. The van der Waals surface area contributed by atoms with Gasteiger partial charge in [0.05, 0.1) is 0 Å². The van der Waals surface area contributed by atoms with Crippen molar-refractivity contribution in [3.05, 3.63) is 30.3 Å². The second kappa shape index (κ2) is 9.22. The van der Waals surface area contributed by atoms with E-state index >= 15 is 0 Å². The summed E-state index contributed by atoms with van der Waals surface area (Å²) in [5.41, 5.74) is 1.19. The van der Waals surface area contributed by atoms with E-state index in [1.54, 1.807) is 0 Å². The molecule has 0 fully saturated rings. The summed E-state index contributed by atoms with van der Waals surface area (Å²) in [7, 11) is 0. The molecule has 0 atom stereocenters. The lowest BCUT2D eigenvalue weighted by molar-refractivity contribution is 0.130. The molecule has 90 valence electrons. The van der Waals surface area contributed by atoms with Crippen LogP contribution in [0.2, 0.25) is 0 Å². The van der Waals surface area contributed by atoms with Crippen molar-refractivity contribution in [1.29, 1.82) is 0 Å². The highest BCUT2D eigenvalue weighted by Crippen LogP contribution is 2.04. The minimum absolute atomic E-state index is 0.865. The van der Waals surface area contributed by atoms with Gasteiger partial charge in [-0.25, -0.2) is 0 Å². The van der Waals surface area contributed by atoms with Gasteiger partial charge < -0.3 is 10.1 Å². The van der Waals surface area contributed by atoms with Crippen molar-refractivity contribution in [2.24, 2.45) is 0 Å². The van der Waals surface area contributed by atoms with Crippen molar-refractivity contribution in [3.63, 3.8) is 0 Å². The molecule has 2 nitrogen and oxygen atoms in total. The van der Waals surface area contributed by atoms with E-state index in [1.165, 1.54) is 24.9 Å². The summed E-state index contributed by atoms with van der Waals surface area (Å²) >= 11 is 0. The smallest absolute Gasteiger partial charge is 0.0482 e. The normalized spacial score (nSPS) is 10.3. The molecule has 0 spiro atoms. The van der Waals surface area contributed by atoms with Crippen LogP contribution in [-0.2, 0) is 4.74 Å². The van der Waals surface area contributed by atoms with E-state index in [0.717, 1.165) is 26.2 Å². The molecule has 0 radical (unpaired) electrons. The summed E-state index contributed by atoms with van der Waals surface area (Å²) < 4.78 is 5.53. The molecule has 1 rings (SSSR count). The average molecular weight is 221 g/mol. The van der Waals surface area contributed by atoms with Gasteiger partial charge in [0.15, 0.2) is 0 Å². The van der Waals surface area contributed by atoms with Crippen LogP contribution in [0.1, 0.15) is 32.6 Å². The molecule has 16 heavy (non-hydrogen) atoms. The van der Waals surface area contributed by atoms with Crippen LogP contribution in [0.25, 0.3) is 0 Å². The number of para-hydroxylation sites is 1. The molecule has 0 amide bonds. The Labute approximate surface area is 99.0 Å². The Morgan fingerprint density at radius 3 is 2.50 bits per heavy atom. The van der Waals surface area contributed by atoms with Gasteiger partial charge in [0, 0.05) is 25.4 Å². The largest absolute Gasteiger partial charge is 0.385 e. The molecule has 0 aliphatic heterocycles. The highest BCUT2D eigenvalue weighted by atomic mass is 16.5. The zero-order valence-electron chi connectivity index (χ0n) is 10.2. The lowest BCUT2D eigenvalue weighted by atomic mass is 10.3. The predicted molar refractivity (Wildman–Crippen MR) is 69.9 cm³/mol. The van der Waals surface area contributed by atoms with Gasteiger partial charge in [-0.1, -0.05) is 38.0 Å². The Morgan fingerprint density at radius 1 is 1.00 bits per heavy atom. The number of hydrogen-bond acceptors (Lipinski definition) is 2. The number of unbranched alkanes of at least 4 members (excludes halogenated alkanes) is 2. The highest BCUT2D eigenvalue weighted by molar-refractivity contribution is 5.42. The SMILES string of the molecule is CCCCCOCCCNc1ccccc1. The standard InChI is InChI=1S/C14H23NO/c1-2-3-7-12-16-13-8-11-15-14-9-5-4-6-10-14/h4-6,9-10,15H,2-3,7-8,11-13H2,1H3. The number of hydrogen-bond donors (Lipinski definition) is 1. The van der Waals surface area contributed by atoms with Crippen molar-refractivity contribution in [3.8, 4) is 0 Å². The van der Waals surface area contributed by atoms with Gasteiger partial charge in [0.2, 0.25) is 0 Å². The number of anilines is 1. The van der Waals surface area contributed by atoms with Crippen molar-refractivity contribution in [1.82, 2.24) is 0 Å². The van der Waals surface area contributed by atoms with Crippen LogP contribution in [0, 0.1) is 0 Å². The third kappa shape index (κ3) is 6.46. The summed E-state index contributed by atoms with van der Waals surface area (Å²) in [5, 5.41) is 3.37. The van der Waals surface area contributed by atoms with Gasteiger partial charge in [-0.2, -0.15) is 0 Å². The summed E-state index contributed by atoms with van der Waals surface area (Å²) in [6, 6.07) is 10.3. The van der Waals surface area contributed by atoms with Gasteiger partial charge in [0.25, 0.3) is 0 Å². The van der Waals surface area contributed by atoms with Crippen molar-refractivity contribution in [2.45, 2.75) is 32.6 Å². The van der Waals surface area contributed by atoms with Gasteiger partial charge in [-0.15, -0.1) is 0 Å². The van der Waals surface area contributed by atoms with E-state index in [9.17, 15) is 0 Å². The zero-order chi connectivity index (χ0) is 11.5. The van der Waals surface area contributed by atoms with E-state index in [2.05, 4.69) is 24.4 Å². The average Bonchev–Trinajstić information content (AvgIpc) is 2.34. The summed E-state index contributed by atoms with van der Waals surface area (Å²) in [6.07, 6.45) is 4.81.